The van der Waals surface area contributed by atoms with Crippen LogP contribution in [0.4, 0.5) is 4.39 Å². The maximum Gasteiger partial charge on any atom is 0.326 e. The van der Waals surface area contributed by atoms with Crippen molar-refractivity contribution < 1.29 is 19.1 Å². The van der Waals surface area contributed by atoms with Gasteiger partial charge >= 0.3 is 5.97 Å². The standard InChI is InChI=1S/C19H22FN3O3/c1-3-11(2)16(19(25)26)21-18(24)17-14-8-5-9-15(14)23(22-17)13-7-4-6-12(20)10-13/h4,6-7,10-11,16H,3,5,8-9H2,1-2H3,(H,21,24)(H,25,26)/t11-,16-/m0/s1. The molecule has 0 saturated heterocycles. The van der Waals surface area contributed by atoms with Crippen LogP contribution in [-0.2, 0) is 17.6 Å². The van der Waals surface area contributed by atoms with Gasteiger partial charge in [0.05, 0.1) is 5.69 Å². The average Bonchev–Trinajstić information content (AvgIpc) is 3.20. The lowest BCUT2D eigenvalue weighted by atomic mass is 9.99. The fourth-order valence-corrected chi connectivity index (χ4v) is 3.33. The number of hydrogen-bond acceptors (Lipinski definition) is 3. The average molecular weight is 359 g/mol. The van der Waals surface area contributed by atoms with Gasteiger partial charge in [-0.3, -0.25) is 4.79 Å². The van der Waals surface area contributed by atoms with Crippen LogP contribution in [0.2, 0.25) is 0 Å². The monoisotopic (exact) mass is 359 g/mol. The van der Waals surface area contributed by atoms with Gasteiger partial charge in [-0.05, 0) is 43.4 Å². The van der Waals surface area contributed by atoms with Crippen LogP contribution in [0, 0.1) is 11.7 Å². The molecule has 1 amide bonds. The van der Waals surface area contributed by atoms with Crippen LogP contribution in [0.15, 0.2) is 24.3 Å². The number of aliphatic carboxylic acids is 1. The Balaban J connectivity index is 1.95. The normalized spacial score (nSPS) is 15.3. The number of hydrogen-bond donors (Lipinski definition) is 2. The molecule has 26 heavy (non-hydrogen) atoms. The van der Waals surface area contributed by atoms with Crippen molar-refractivity contribution in [3.05, 3.63) is 47.0 Å². The third kappa shape index (κ3) is 3.34. The molecule has 138 valence electrons. The van der Waals surface area contributed by atoms with Crippen molar-refractivity contribution in [2.24, 2.45) is 5.92 Å². The molecular formula is C19H22FN3O3. The van der Waals surface area contributed by atoms with Gasteiger partial charge in [0.15, 0.2) is 5.69 Å². The number of carboxylic acid groups (broad SMARTS) is 1. The summed E-state index contributed by atoms with van der Waals surface area (Å²) >= 11 is 0. The van der Waals surface area contributed by atoms with E-state index < -0.39 is 17.9 Å². The van der Waals surface area contributed by atoms with E-state index >= 15 is 0 Å². The maximum absolute atomic E-state index is 13.6. The SMILES string of the molecule is CC[C@H](C)[C@H](NC(=O)c1nn(-c2cccc(F)c2)c2c1CCC2)C(=O)O. The lowest BCUT2D eigenvalue weighted by molar-refractivity contribution is -0.140. The summed E-state index contributed by atoms with van der Waals surface area (Å²) in [6.45, 7) is 3.66. The first kappa shape index (κ1) is 18.1. The Hall–Kier alpha value is -2.70. The summed E-state index contributed by atoms with van der Waals surface area (Å²) in [4.78, 5) is 24.2. The molecule has 1 aromatic heterocycles. The van der Waals surface area contributed by atoms with E-state index in [9.17, 15) is 19.1 Å². The predicted molar refractivity (Wildman–Crippen MR) is 93.9 cm³/mol. The topological polar surface area (TPSA) is 84.2 Å². The first-order valence-corrected chi connectivity index (χ1v) is 8.82. The summed E-state index contributed by atoms with van der Waals surface area (Å²) in [6, 6.07) is 5.08. The molecule has 7 heteroatoms. The Morgan fingerprint density at radius 3 is 2.81 bits per heavy atom. The van der Waals surface area contributed by atoms with E-state index in [1.54, 1.807) is 23.7 Å². The summed E-state index contributed by atoms with van der Waals surface area (Å²) in [5.74, 6) is -2.13. The van der Waals surface area contributed by atoms with Crippen LogP contribution in [0.25, 0.3) is 5.69 Å². The Morgan fingerprint density at radius 2 is 2.15 bits per heavy atom. The van der Waals surface area contributed by atoms with E-state index in [1.165, 1.54) is 12.1 Å². The van der Waals surface area contributed by atoms with Gasteiger partial charge in [0.2, 0.25) is 0 Å². The van der Waals surface area contributed by atoms with Crippen LogP contribution in [0.3, 0.4) is 0 Å². The number of carbonyl (C=O) groups excluding carboxylic acids is 1. The van der Waals surface area contributed by atoms with Crippen LogP contribution >= 0.6 is 0 Å². The van der Waals surface area contributed by atoms with Gasteiger partial charge in [-0.2, -0.15) is 5.10 Å². The van der Waals surface area contributed by atoms with Crippen LogP contribution in [0.5, 0.6) is 0 Å². The van der Waals surface area contributed by atoms with Gasteiger partial charge in [0.1, 0.15) is 11.9 Å². The van der Waals surface area contributed by atoms with Crippen molar-refractivity contribution in [1.29, 1.82) is 0 Å². The number of aromatic nitrogens is 2. The lowest BCUT2D eigenvalue weighted by Gasteiger charge is -2.19. The van der Waals surface area contributed by atoms with Crippen LogP contribution in [-0.4, -0.2) is 32.8 Å². The van der Waals surface area contributed by atoms with Crippen molar-refractivity contribution in [3.63, 3.8) is 0 Å². The number of amides is 1. The molecule has 2 aromatic rings. The minimum atomic E-state index is -1.06. The van der Waals surface area contributed by atoms with E-state index in [-0.39, 0.29) is 17.4 Å². The highest BCUT2D eigenvalue weighted by Crippen LogP contribution is 2.28. The molecule has 0 fully saturated rings. The van der Waals surface area contributed by atoms with Crippen molar-refractivity contribution in [2.45, 2.75) is 45.6 Å². The van der Waals surface area contributed by atoms with E-state index in [4.69, 9.17) is 0 Å². The highest BCUT2D eigenvalue weighted by atomic mass is 19.1. The van der Waals surface area contributed by atoms with E-state index in [0.717, 1.165) is 24.1 Å². The molecule has 1 heterocycles. The number of halogens is 1. The van der Waals surface area contributed by atoms with Gasteiger partial charge in [-0.25, -0.2) is 13.9 Å². The Labute approximate surface area is 151 Å². The molecular weight excluding hydrogens is 337 g/mol. The molecule has 3 rings (SSSR count). The molecule has 1 aromatic carbocycles. The second-order valence-corrected chi connectivity index (χ2v) is 6.69. The zero-order chi connectivity index (χ0) is 18.8. The number of fused-ring (bicyclic) bond motifs is 1. The summed E-state index contributed by atoms with van der Waals surface area (Å²) in [6.07, 6.45) is 2.97. The van der Waals surface area contributed by atoms with Crippen LogP contribution < -0.4 is 5.32 Å². The van der Waals surface area contributed by atoms with Gasteiger partial charge in [-0.1, -0.05) is 26.3 Å². The molecule has 0 unspecified atom stereocenters. The number of rotatable bonds is 6. The molecule has 1 aliphatic rings. The predicted octanol–water partition coefficient (Wildman–Crippen LogP) is 2.73. The number of carboxylic acids is 1. The first-order valence-electron chi connectivity index (χ1n) is 8.82. The summed E-state index contributed by atoms with van der Waals surface area (Å²) < 4.78 is 15.2. The Bertz CT molecular complexity index is 847. The highest BCUT2D eigenvalue weighted by molar-refractivity contribution is 5.96. The summed E-state index contributed by atoms with van der Waals surface area (Å²) in [5.41, 5.74) is 2.49. The number of carbonyl (C=O) groups is 2. The van der Waals surface area contributed by atoms with Crippen molar-refractivity contribution in [3.8, 4) is 5.69 Å². The van der Waals surface area contributed by atoms with Gasteiger partial charge in [-0.15, -0.1) is 0 Å². The van der Waals surface area contributed by atoms with Crippen molar-refractivity contribution in [1.82, 2.24) is 15.1 Å². The molecule has 6 nitrogen and oxygen atoms in total. The zero-order valence-corrected chi connectivity index (χ0v) is 14.8. The molecule has 0 aliphatic heterocycles. The number of nitrogens with one attached hydrogen (secondary N) is 1. The third-order valence-electron chi connectivity index (χ3n) is 4.96. The van der Waals surface area contributed by atoms with E-state index in [1.807, 2.05) is 6.92 Å². The lowest BCUT2D eigenvalue weighted by Crippen LogP contribution is -2.45. The second-order valence-electron chi connectivity index (χ2n) is 6.69. The maximum atomic E-state index is 13.6. The van der Waals surface area contributed by atoms with Gasteiger partial charge in [0.25, 0.3) is 5.91 Å². The van der Waals surface area contributed by atoms with Crippen molar-refractivity contribution >= 4 is 11.9 Å². The Morgan fingerprint density at radius 1 is 1.38 bits per heavy atom. The molecule has 2 N–H and O–H groups in total. The molecule has 0 bridgehead atoms. The highest BCUT2D eigenvalue weighted by Gasteiger charge is 2.31. The largest absolute Gasteiger partial charge is 0.480 e. The first-order chi connectivity index (χ1) is 12.4. The Kier molecular flexibility index (Phi) is 5.06. The molecule has 1 aliphatic carbocycles. The van der Waals surface area contributed by atoms with E-state index in [2.05, 4.69) is 10.4 Å². The smallest absolute Gasteiger partial charge is 0.326 e. The molecule has 0 radical (unpaired) electrons. The van der Waals surface area contributed by atoms with E-state index in [0.29, 0.717) is 18.5 Å². The molecule has 0 saturated carbocycles. The molecule has 2 atom stereocenters. The minimum Gasteiger partial charge on any atom is -0.480 e. The fourth-order valence-electron chi connectivity index (χ4n) is 3.33. The van der Waals surface area contributed by atoms with Gasteiger partial charge in [0, 0.05) is 11.3 Å². The number of benzene rings is 1. The fraction of sp³-hybridized carbons (Fsp3) is 0.421. The quantitative estimate of drug-likeness (QED) is 0.831. The number of nitrogens with zero attached hydrogens (tertiary/aromatic N) is 2. The summed E-state index contributed by atoms with van der Waals surface area (Å²) in [5, 5.41) is 16.4. The van der Waals surface area contributed by atoms with Crippen molar-refractivity contribution in [2.75, 3.05) is 0 Å². The second kappa shape index (κ2) is 7.27. The molecule has 0 spiro atoms. The zero-order valence-electron chi connectivity index (χ0n) is 14.8. The van der Waals surface area contributed by atoms with Crippen LogP contribution in [0.1, 0.15) is 48.4 Å². The minimum absolute atomic E-state index is 0.199. The third-order valence-corrected chi connectivity index (χ3v) is 4.96. The summed E-state index contributed by atoms with van der Waals surface area (Å²) in [7, 11) is 0. The van der Waals surface area contributed by atoms with Gasteiger partial charge < -0.3 is 10.4 Å².